The van der Waals surface area contributed by atoms with E-state index in [9.17, 15) is 4.79 Å². The quantitative estimate of drug-likeness (QED) is 0.771. The van der Waals surface area contributed by atoms with E-state index in [1.54, 1.807) is 10.9 Å². The molecule has 5 nitrogen and oxygen atoms in total. The predicted octanol–water partition coefficient (Wildman–Crippen LogP) is 0.840. The SMILES string of the molecule is CCc1nn(C)cc1C(=O)NC(CC)CCN. The number of aromatic nitrogens is 2. The van der Waals surface area contributed by atoms with E-state index in [0.29, 0.717) is 12.1 Å². The minimum Gasteiger partial charge on any atom is -0.349 e. The summed E-state index contributed by atoms with van der Waals surface area (Å²) in [5.74, 6) is -0.0461. The molecule has 0 aliphatic rings. The first kappa shape index (κ1) is 13.7. The predicted molar refractivity (Wildman–Crippen MR) is 67.8 cm³/mol. The summed E-state index contributed by atoms with van der Waals surface area (Å²) in [6.45, 7) is 4.63. The molecule has 1 heterocycles. The van der Waals surface area contributed by atoms with Gasteiger partial charge in [0.1, 0.15) is 0 Å². The molecule has 0 spiro atoms. The van der Waals surface area contributed by atoms with Gasteiger partial charge in [-0.05, 0) is 25.8 Å². The van der Waals surface area contributed by atoms with Crippen LogP contribution in [-0.2, 0) is 13.5 Å². The number of nitrogens with zero attached hydrogens (tertiary/aromatic N) is 2. The topological polar surface area (TPSA) is 72.9 Å². The van der Waals surface area contributed by atoms with Gasteiger partial charge in [-0.1, -0.05) is 13.8 Å². The van der Waals surface area contributed by atoms with Gasteiger partial charge in [0.2, 0.25) is 0 Å². The van der Waals surface area contributed by atoms with Crippen molar-refractivity contribution < 1.29 is 4.79 Å². The summed E-state index contributed by atoms with van der Waals surface area (Å²) < 4.78 is 1.68. The molecule has 96 valence electrons. The van der Waals surface area contributed by atoms with Crippen molar-refractivity contribution in [2.24, 2.45) is 12.8 Å². The molecular weight excluding hydrogens is 216 g/mol. The van der Waals surface area contributed by atoms with Crippen LogP contribution in [0.5, 0.6) is 0 Å². The van der Waals surface area contributed by atoms with E-state index in [4.69, 9.17) is 5.73 Å². The molecule has 0 bridgehead atoms. The molecule has 1 atom stereocenters. The first-order chi connectivity index (χ1) is 8.12. The van der Waals surface area contributed by atoms with Crippen LogP contribution in [0.2, 0.25) is 0 Å². The molecule has 1 unspecified atom stereocenters. The molecule has 0 saturated carbocycles. The summed E-state index contributed by atoms with van der Waals surface area (Å²) in [4.78, 5) is 12.1. The number of carbonyl (C=O) groups is 1. The smallest absolute Gasteiger partial charge is 0.254 e. The van der Waals surface area contributed by atoms with Gasteiger partial charge in [-0.2, -0.15) is 5.10 Å². The zero-order valence-corrected chi connectivity index (χ0v) is 10.9. The second-order valence-corrected chi connectivity index (χ2v) is 4.17. The minimum absolute atomic E-state index is 0.0461. The van der Waals surface area contributed by atoms with Crippen LogP contribution in [0.3, 0.4) is 0 Å². The molecule has 0 saturated heterocycles. The van der Waals surface area contributed by atoms with Crippen LogP contribution >= 0.6 is 0 Å². The standard InChI is InChI=1S/C12H22N4O/c1-4-9(6-7-13)14-12(17)10-8-16(3)15-11(10)5-2/h8-9H,4-7,13H2,1-3H3,(H,14,17). The molecule has 3 N–H and O–H groups in total. The highest BCUT2D eigenvalue weighted by molar-refractivity contribution is 5.95. The second-order valence-electron chi connectivity index (χ2n) is 4.17. The molecule has 1 amide bonds. The molecule has 17 heavy (non-hydrogen) atoms. The van der Waals surface area contributed by atoms with Crippen molar-refractivity contribution in [2.45, 2.75) is 39.2 Å². The minimum atomic E-state index is -0.0461. The van der Waals surface area contributed by atoms with Gasteiger partial charge < -0.3 is 11.1 Å². The van der Waals surface area contributed by atoms with E-state index in [1.807, 2.05) is 20.9 Å². The lowest BCUT2D eigenvalue weighted by Crippen LogP contribution is -2.36. The Hall–Kier alpha value is -1.36. The number of nitrogens with one attached hydrogen (secondary N) is 1. The molecule has 0 radical (unpaired) electrons. The van der Waals surface area contributed by atoms with Gasteiger partial charge in [0.15, 0.2) is 0 Å². The van der Waals surface area contributed by atoms with Gasteiger partial charge >= 0.3 is 0 Å². The van der Waals surface area contributed by atoms with Gasteiger partial charge in [-0.3, -0.25) is 9.48 Å². The Kier molecular flexibility index (Phi) is 5.15. The van der Waals surface area contributed by atoms with E-state index >= 15 is 0 Å². The van der Waals surface area contributed by atoms with Crippen LogP contribution in [0.15, 0.2) is 6.20 Å². The van der Waals surface area contributed by atoms with Gasteiger partial charge in [0.05, 0.1) is 11.3 Å². The highest BCUT2D eigenvalue weighted by Gasteiger charge is 2.16. The first-order valence-electron chi connectivity index (χ1n) is 6.15. The fraction of sp³-hybridized carbons (Fsp3) is 0.667. The van der Waals surface area contributed by atoms with Crippen molar-refractivity contribution in [2.75, 3.05) is 6.54 Å². The Morgan fingerprint density at radius 3 is 2.82 bits per heavy atom. The molecule has 0 aromatic carbocycles. The number of hydrogen-bond acceptors (Lipinski definition) is 3. The van der Waals surface area contributed by atoms with Crippen LogP contribution in [0.4, 0.5) is 0 Å². The number of carbonyl (C=O) groups excluding carboxylic acids is 1. The Bertz CT molecular complexity index is 373. The summed E-state index contributed by atoms with van der Waals surface area (Å²) in [7, 11) is 1.83. The van der Waals surface area contributed by atoms with Gasteiger partial charge in [0, 0.05) is 19.3 Å². The summed E-state index contributed by atoms with van der Waals surface area (Å²) in [6.07, 6.45) is 4.23. The molecule has 1 aromatic heterocycles. The number of amides is 1. The van der Waals surface area contributed by atoms with E-state index in [0.717, 1.165) is 25.0 Å². The normalized spacial score (nSPS) is 12.5. The molecular formula is C12H22N4O. The van der Waals surface area contributed by atoms with Crippen LogP contribution in [0.25, 0.3) is 0 Å². The molecule has 0 fully saturated rings. The fourth-order valence-corrected chi connectivity index (χ4v) is 1.83. The molecule has 1 aromatic rings. The van der Waals surface area contributed by atoms with Crippen molar-refractivity contribution >= 4 is 5.91 Å². The molecule has 0 aliphatic carbocycles. The third kappa shape index (κ3) is 3.56. The van der Waals surface area contributed by atoms with Crippen molar-refractivity contribution in [3.05, 3.63) is 17.5 Å². The lowest BCUT2D eigenvalue weighted by molar-refractivity contribution is 0.0933. The van der Waals surface area contributed by atoms with Crippen LogP contribution < -0.4 is 11.1 Å². The fourth-order valence-electron chi connectivity index (χ4n) is 1.83. The van der Waals surface area contributed by atoms with Crippen molar-refractivity contribution in [1.82, 2.24) is 15.1 Å². The Morgan fingerprint density at radius 1 is 1.59 bits per heavy atom. The number of rotatable bonds is 6. The Labute approximate surface area is 102 Å². The zero-order valence-electron chi connectivity index (χ0n) is 10.9. The first-order valence-corrected chi connectivity index (χ1v) is 6.15. The van der Waals surface area contributed by atoms with Crippen molar-refractivity contribution in [3.8, 4) is 0 Å². The summed E-state index contributed by atoms with van der Waals surface area (Å²) >= 11 is 0. The molecule has 1 rings (SSSR count). The van der Waals surface area contributed by atoms with Gasteiger partial charge in [-0.15, -0.1) is 0 Å². The number of aryl methyl sites for hydroxylation is 2. The summed E-state index contributed by atoms with van der Waals surface area (Å²) in [5, 5.41) is 7.26. The van der Waals surface area contributed by atoms with E-state index < -0.39 is 0 Å². The number of nitrogens with two attached hydrogens (primary N) is 1. The van der Waals surface area contributed by atoms with Crippen LogP contribution in [-0.4, -0.2) is 28.3 Å². The highest BCUT2D eigenvalue weighted by atomic mass is 16.1. The largest absolute Gasteiger partial charge is 0.349 e. The summed E-state index contributed by atoms with van der Waals surface area (Å²) in [6, 6.07) is 0.150. The average molecular weight is 238 g/mol. The third-order valence-corrected chi connectivity index (χ3v) is 2.83. The Balaban J connectivity index is 2.74. The van der Waals surface area contributed by atoms with Crippen LogP contribution in [0, 0.1) is 0 Å². The van der Waals surface area contributed by atoms with Crippen molar-refractivity contribution in [1.29, 1.82) is 0 Å². The summed E-state index contributed by atoms with van der Waals surface area (Å²) in [5.41, 5.74) is 7.02. The van der Waals surface area contributed by atoms with Gasteiger partial charge in [0.25, 0.3) is 5.91 Å². The maximum absolute atomic E-state index is 12.1. The van der Waals surface area contributed by atoms with E-state index in [2.05, 4.69) is 10.4 Å². The monoisotopic (exact) mass is 238 g/mol. The van der Waals surface area contributed by atoms with Gasteiger partial charge in [-0.25, -0.2) is 0 Å². The maximum atomic E-state index is 12.1. The number of hydrogen-bond donors (Lipinski definition) is 2. The maximum Gasteiger partial charge on any atom is 0.254 e. The van der Waals surface area contributed by atoms with Crippen LogP contribution in [0.1, 0.15) is 42.7 Å². The lowest BCUT2D eigenvalue weighted by atomic mass is 10.1. The van der Waals surface area contributed by atoms with E-state index in [-0.39, 0.29) is 11.9 Å². The zero-order chi connectivity index (χ0) is 12.8. The third-order valence-electron chi connectivity index (χ3n) is 2.83. The second kappa shape index (κ2) is 6.39. The van der Waals surface area contributed by atoms with E-state index in [1.165, 1.54) is 0 Å². The lowest BCUT2D eigenvalue weighted by Gasteiger charge is -2.15. The molecule has 5 heteroatoms. The Morgan fingerprint density at radius 2 is 2.29 bits per heavy atom. The highest BCUT2D eigenvalue weighted by Crippen LogP contribution is 2.08. The molecule has 0 aliphatic heterocycles. The van der Waals surface area contributed by atoms with Crippen molar-refractivity contribution in [3.63, 3.8) is 0 Å². The average Bonchev–Trinajstić information content (AvgIpc) is 2.69.